The molecule has 1 atom stereocenters. The first-order chi connectivity index (χ1) is 14.9. The lowest BCUT2D eigenvalue weighted by atomic mass is 10.0. The van der Waals surface area contributed by atoms with E-state index in [0.29, 0.717) is 30.1 Å². The van der Waals surface area contributed by atoms with Crippen molar-refractivity contribution in [3.8, 4) is 5.75 Å². The van der Waals surface area contributed by atoms with Crippen molar-refractivity contribution in [2.24, 2.45) is 5.92 Å². The van der Waals surface area contributed by atoms with Crippen LogP contribution >= 0.6 is 11.6 Å². The smallest absolute Gasteiger partial charge is 0.251 e. The van der Waals surface area contributed by atoms with E-state index in [2.05, 4.69) is 24.1 Å². The highest BCUT2D eigenvalue weighted by molar-refractivity contribution is 6.30. The van der Waals surface area contributed by atoms with Crippen LogP contribution in [0.1, 0.15) is 30.6 Å². The molecule has 1 unspecified atom stereocenters. The Kier molecular flexibility index (Phi) is 7.80. The molecular weight excluding hydrogens is 414 g/mol. The van der Waals surface area contributed by atoms with Gasteiger partial charge in [0.25, 0.3) is 5.91 Å². The van der Waals surface area contributed by atoms with Gasteiger partial charge in [-0.25, -0.2) is 0 Å². The van der Waals surface area contributed by atoms with E-state index in [1.54, 1.807) is 31.4 Å². The standard InChI is InChI=1S/C24H30ClN3O3/c1-17(2)15-22(26-23(29)18-7-9-19(25)10-8-18)24(30)28-13-11-27(12-14-28)20-5-4-6-21(16-20)31-3/h4-10,16-17,22H,11-15H2,1-3H3,(H,26,29). The molecule has 0 spiro atoms. The summed E-state index contributed by atoms with van der Waals surface area (Å²) in [6, 6.07) is 14.1. The molecule has 1 saturated heterocycles. The normalized spacial score (nSPS) is 15.0. The Balaban J connectivity index is 1.63. The fourth-order valence-corrected chi connectivity index (χ4v) is 3.87. The quantitative estimate of drug-likeness (QED) is 0.706. The first-order valence-corrected chi connectivity index (χ1v) is 11.0. The zero-order valence-corrected chi connectivity index (χ0v) is 19.1. The SMILES string of the molecule is COc1cccc(N2CCN(C(=O)C(CC(C)C)NC(=O)c3ccc(Cl)cc3)CC2)c1. The number of nitrogens with zero attached hydrogens (tertiary/aromatic N) is 2. The van der Waals surface area contributed by atoms with Crippen LogP contribution in [0, 0.1) is 5.92 Å². The summed E-state index contributed by atoms with van der Waals surface area (Å²) in [5, 5.41) is 3.51. The second-order valence-electron chi connectivity index (χ2n) is 8.18. The van der Waals surface area contributed by atoms with Crippen LogP contribution < -0.4 is 15.0 Å². The number of anilines is 1. The predicted molar refractivity (Wildman–Crippen MR) is 124 cm³/mol. The number of hydrogen-bond acceptors (Lipinski definition) is 4. The molecule has 2 aromatic carbocycles. The van der Waals surface area contributed by atoms with E-state index in [4.69, 9.17) is 16.3 Å². The van der Waals surface area contributed by atoms with Crippen LogP contribution in [0.4, 0.5) is 5.69 Å². The number of carbonyl (C=O) groups excluding carboxylic acids is 2. The molecule has 2 amide bonds. The fraction of sp³-hybridized carbons (Fsp3) is 0.417. The molecule has 0 aliphatic carbocycles. The molecular formula is C24H30ClN3O3. The maximum absolute atomic E-state index is 13.2. The van der Waals surface area contributed by atoms with Crippen LogP contribution in [0.3, 0.4) is 0 Å². The number of carbonyl (C=O) groups is 2. The third kappa shape index (κ3) is 6.14. The molecule has 31 heavy (non-hydrogen) atoms. The number of hydrogen-bond donors (Lipinski definition) is 1. The van der Waals surface area contributed by atoms with Crippen molar-refractivity contribution in [3.05, 3.63) is 59.1 Å². The molecule has 1 aliphatic rings. The van der Waals surface area contributed by atoms with Crippen molar-refractivity contribution in [1.82, 2.24) is 10.2 Å². The van der Waals surface area contributed by atoms with Gasteiger partial charge in [0, 0.05) is 48.5 Å². The summed E-state index contributed by atoms with van der Waals surface area (Å²) in [7, 11) is 1.66. The largest absolute Gasteiger partial charge is 0.497 e. The lowest BCUT2D eigenvalue weighted by Gasteiger charge is -2.38. The highest BCUT2D eigenvalue weighted by atomic mass is 35.5. The molecule has 0 saturated carbocycles. The van der Waals surface area contributed by atoms with Gasteiger partial charge < -0.3 is 19.9 Å². The summed E-state index contributed by atoms with van der Waals surface area (Å²) in [5.41, 5.74) is 1.58. The van der Waals surface area contributed by atoms with Gasteiger partial charge in [-0.3, -0.25) is 9.59 Å². The summed E-state index contributed by atoms with van der Waals surface area (Å²) < 4.78 is 5.31. The maximum Gasteiger partial charge on any atom is 0.251 e. The monoisotopic (exact) mass is 443 g/mol. The van der Waals surface area contributed by atoms with Crippen molar-refractivity contribution < 1.29 is 14.3 Å². The number of nitrogens with one attached hydrogen (secondary N) is 1. The first-order valence-electron chi connectivity index (χ1n) is 10.6. The van der Waals surface area contributed by atoms with E-state index < -0.39 is 6.04 Å². The van der Waals surface area contributed by atoms with Crippen molar-refractivity contribution in [2.45, 2.75) is 26.3 Å². The summed E-state index contributed by atoms with van der Waals surface area (Å²) >= 11 is 5.91. The zero-order chi connectivity index (χ0) is 22.4. The molecule has 7 heteroatoms. The number of ether oxygens (including phenoxy) is 1. The summed E-state index contributed by atoms with van der Waals surface area (Å²) in [5.74, 6) is 0.808. The molecule has 1 N–H and O–H groups in total. The van der Waals surface area contributed by atoms with E-state index in [9.17, 15) is 9.59 Å². The predicted octanol–water partition coefficient (Wildman–Crippen LogP) is 3.84. The van der Waals surface area contributed by atoms with Gasteiger partial charge in [0.1, 0.15) is 11.8 Å². The van der Waals surface area contributed by atoms with E-state index in [1.807, 2.05) is 29.2 Å². The Bertz CT molecular complexity index is 893. The van der Waals surface area contributed by atoms with Gasteiger partial charge >= 0.3 is 0 Å². The van der Waals surface area contributed by atoms with Gasteiger partial charge in [0.2, 0.25) is 5.91 Å². The number of amides is 2. The average Bonchev–Trinajstić information content (AvgIpc) is 2.78. The van der Waals surface area contributed by atoms with Crippen LogP contribution in [0.2, 0.25) is 5.02 Å². The summed E-state index contributed by atoms with van der Waals surface area (Å²) in [6.45, 7) is 6.80. The molecule has 1 fully saturated rings. The third-order valence-electron chi connectivity index (χ3n) is 5.43. The minimum atomic E-state index is -0.549. The maximum atomic E-state index is 13.2. The van der Waals surface area contributed by atoms with Crippen LogP contribution in [-0.4, -0.2) is 56.0 Å². The van der Waals surface area contributed by atoms with E-state index in [0.717, 1.165) is 24.5 Å². The van der Waals surface area contributed by atoms with E-state index in [1.165, 1.54) is 0 Å². The lowest BCUT2D eigenvalue weighted by molar-refractivity contribution is -0.134. The number of methoxy groups -OCH3 is 1. The highest BCUT2D eigenvalue weighted by Crippen LogP contribution is 2.22. The second-order valence-corrected chi connectivity index (χ2v) is 8.61. The molecule has 166 valence electrons. The van der Waals surface area contributed by atoms with Gasteiger partial charge in [-0.2, -0.15) is 0 Å². The molecule has 6 nitrogen and oxygen atoms in total. The van der Waals surface area contributed by atoms with Crippen LogP contribution in [0.5, 0.6) is 5.75 Å². The average molecular weight is 444 g/mol. The summed E-state index contributed by atoms with van der Waals surface area (Å²) in [4.78, 5) is 30.0. The van der Waals surface area contributed by atoms with Crippen LogP contribution in [0.25, 0.3) is 0 Å². The first kappa shape index (κ1) is 22.9. The van der Waals surface area contributed by atoms with Gasteiger partial charge in [-0.05, 0) is 48.7 Å². The minimum absolute atomic E-state index is 0.0266. The number of halogens is 1. The Hall–Kier alpha value is -2.73. The molecule has 0 bridgehead atoms. The lowest BCUT2D eigenvalue weighted by Crippen LogP contribution is -2.55. The molecule has 1 heterocycles. The van der Waals surface area contributed by atoms with Crippen molar-refractivity contribution in [2.75, 3.05) is 38.2 Å². The minimum Gasteiger partial charge on any atom is -0.497 e. The Morgan fingerprint density at radius 2 is 1.74 bits per heavy atom. The number of piperazine rings is 1. The molecule has 1 aliphatic heterocycles. The second kappa shape index (κ2) is 10.5. The molecule has 0 radical (unpaired) electrons. The van der Waals surface area contributed by atoms with Crippen LogP contribution in [-0.2, 0) is 4.79 Å². The Morgan fingerprint density at radius 1 is 1.06 bits per heavy atom. The topological polar surface area (TPSA) is 61.9 Å². The van der Waals surface area contributed by atoms with Crippen molar-refractivity contribution in [3.63, 3.8) is 0 Å². The fourth-order valence-electron chi connectivity index (χ4n) is 3.75. The van der Waals surface area contributed by atoms with E-state index >= 15 is 0 Å². The molecule has 3 rings (SSSR count). The van der Waals surface area contributed by atoms with Gasteiger partial charge in [-0.15, -0.1) is 0 Å². The van der Waals surface area contributed by atoms with E-state index in [-0.39, 0.29) is 17.7 Å². The Labute approximate surface area is 189 Å². The van der Waals surface area contributed by atoms with Gasteiger partial charge in [0.05, 0.1) is 7.11 Å². The Morgan fingerprint density at radius 3 is 2.35 bits per heavy atom. The third-order valence-corrected chi connectivity index (χ3v) is 5.68. The zero-order valence-electron chi connectivity index (χ0n) is 18.3. The van der Waals surface area contributed by atoms with Crippen molar-refractivity contribution in [1.29, 1.82) is 0 Å². The number of benzene rings is 2. The summed E-state index contributed by atoms with van der Waals surface area (Å²) in [6.07, 6.45) is 0.592. The highest BCUT2D eigenvalue weighted by Gasteiger charge is 2.29. The van der Waals surface area contributed by atoms with Crippen molar-refractivity contribution >= 4 is 29.1 Å². The van der Waals surface area contributed by atoms with Gasteiger partial charge in [0.15, 0.2) is 0 Å². The molecule has 2 aromatic rings. The van der Waals surface area contributed by atoms with Gasteiger partial charge in [-0.1, -0.05) is 31.5 Å². The molecule has 0 aromatic heterocycles. The number of rotatable bonds is 7. The van der Waals surface area contributed by atoms with Crippen LogP contribution in [0.15, 0.2) is 48.5 Å².